The first-order chi connectivity index (χ1) is 7.52. The van der Waals surface area contributed by atoms with Crippen molar-refractivity contribution in [2.45, 2.75) is 32.5 Å². The summed E-state index contributed by atoms with van der Waals surface area (Å²) in [6, 6.07) is 9.13. The Labute approximate surface area is 95.7 Å². The van der Waals surface area contributed by atoms with Crippen LogP contribution < -0.4 is 5.73 Å². The Kier molecular flexibility index (Phi) is 4.31. The van der Waals surface area contributed by atoms with E-state index >= 15 is 0 Å². The molecule has 4 heteroatoms. The van der Waals surface area contributed by atoms with Gasteiger partial charge < -0.3 is 10.8 Å². The van der Waals surface area contributed by atoms with Gasteiger partial charge in [-0.05, 0) is 19.4 Å². The van der Waals surface area contributed by atoms with Gasteiger partial charge in [-0.1, -0.05) is 30.3 Å². The van der Waals surface area contributed by atoms with E-state index in [0.29, 0.717) is 6.54 Å². The van der Waals surface area contributed by atoms with E-state index in [1.54, 1.807) is 0 Å². The van der Waals surface area contributed by atoms with Crippen LogP contribution in [-0.2, 0) is 6.54 Å². The van der Waals surface area contributed by atoms with Crippen LogP contribution in [0.25, 0.3) is 0 Å². The lowest BCUT2D eigenvalue weighted by Crippen LogP contribution is -2.46. The third-order valence-electron chi connectivity index (χ3n) is 2.69. The second-order valence-corrected chi connectivity index (χ2v) is 4.00. The van der Waals surface area contributed by atoms with Crippen molar-refractivity contribution in [1.82, 2.24) is 4.90 Å². The molecule has 88 valence electrons. The monoisotopic (exact) mass is 222 g/mol. The second kappa shape index (κ2) is 5.51. The van der Waals surface area contributed by atoms with Gasteiger partial charge in [0.2, 0.25) is 0 Å². The van der Waals surface area contributed by atoms with Gasteiger partial charge >= 0.3 is 6.09 Å². The lowest BCUT2D eigenvalue weighted by atomic mass is 10.1. The summed E-state index contributed by atoms with van der Waals surface area (Å²) in [5.74, 6) is 0. The summed E-state index contributed by atoms with van der Waals surface area (Å²) >= 11 is 0. The van der Waals surface area contributed by atoms with Crippen molar-refractivity contribution < 1.29 is 9.90 Å². The minimum atomic E-state index is -0.936. The van der Waals surface area contributed by atoms with Crippen LogP contribution in [0.15, 0.2) is 30.3 Å². The van der Waals surface area contributed by atoms with E-state index in [2.05, 4.69) is 0 Å². The lowest BCUT2D eigenvalue weighted by molar-refractivity contribution is 0.118. The van der Waals surface area contributed by atoms with E-state index in [4.69, 9.17) is 10.8 Å². The molecule has 0 aliphatic rings. The third-order valence-corrected chi connectivity index (χ3v) is 2.69. The number of rotatable bonds is 4. The summed E-state index contributed by atoms with van der Waals surface area (Å²) in [6.07, 6.45) is -0.936. The molecule has 4 nitrogen and oxygen atoms in total. The average molecular weight is 222 g/mol. The maximum atomic E-state index is 11.1. The summed E-state index contributed by atoms with van der Waals surface area (Å²) in [4.78, 5) is 12.5. The van der Waals surface area contributed by atoms with Gasteiger partial charge in [0.1, 0.15) is 0 Å². The molecule has 1 rings (SSSR count). The first-order valence-electron chi connectivity index (χ1n) is 5.31. The number of hydrogen-bond donors (Lipinski definition) is 2. The summed E-state index contributed by atoms with van der Waals surface area (Å²) in [7, 11) is 0. The van der Waals surface area contributed by atoms with Crippen molar-refractivity contribution in [3.63, 3.8) is 0 Å². The fourth-order valence-electron chi connectivity index (χ4n) is 1.45. The van der Waals surface area contributed by atoms with E-state index in [9.17, 15) is 4.79 Å². The van der Waals surface area contributed by atoms with E-state index in [0.717, 1.165) is 5.56 Å². The Hall–Kier alpha value is -1.55. The van der Waals surface area contributed by atoms with Crippen molar-refractivity contribution >= 4 is 6.09 Å². The van der Waals surface area contributed by atoms with Crippen molar-refractivity contribution in [3.8, 4) is 0 Å². The van der Waals surface area contributed by atoms with Crippen molar-refractivity contribution in [1.29, 1.82) is 0 Å². The fourth-order valence-corrected chi connectivity index (χ4v) is 1.45. The van der Waals surface area contributed by atoms with Gasteiger partial charge in [0.15, 0.2) is 0 Å². The molecular formula is C12H18N2O2. The van der Waals surface area contributed by atoms with E-state index in [-0.39, 0.29) is 12.1 Å². The number of carboxylic acid groups (broad SMARTS) is 1. The Bertz CT molecular complexity index is 338. The van der Waals surface area contributed by atoms with Crippen LogP contribution in [0.4, 0.5) is 4.79 Å². The highest BCUT2D eigenvalue weighted by Crippen LogP contribution is 2.10. The molecule has 16 heavy (non-hydrogen) atoms. The first kappa shape index (κ1) is 12.5. The highest BCUT2D eigenvalue weighted by Gasteiger charge is 2.22. The molecule has 1 aromatic rings. The Morgan fingerprint density at radius 3 is 2.38 bits per heavy atom. The molecule has 0 heterocycles. The quantitative estimate of drug-likeness (QED) is 0.817. The Balaban J connectivity index is 2.77. The van der Waals surface area contributed by atoms with E-state index in [1.165, 1.54) is 4.90 Å². The largest absolute Gasteiger partial charge is 0.465 e. The number of nitrogens with zero attached hydrogens (tertiary/aromatic N) is 1. The van der Waals surface area contributed by atoms with Crippen molar-refractivity contribution in [3.05, 3.63) is 35.9 Å². The molecule has 0 aliphatic heterocycles. The highest BCUT2D eigenvalue weighted by molar-refractivity contribution is 5.65. The predicted octanol–water partition coefficient (Wildman–Crippen LogP) is 1.90. The Morgan fingerprint density at radius 2 is 1.94 bits per heavy atom. The summed E-state index contributed by atoms with van der Waals surface area (Å²) < 4.78 is 0. The molecule has 0 fully saturated rings. The second-order valence-electron chi connectivity index (χ2n) is 4.00. The zero-order valence-electron chi connectivity index (χ0n) is 9.63. The van der Waals surface area contributed by atoms with Gasteiger partial charge in [0.05, 0.1) is 0 Å². The Morgan fingerprint density at radius 1 is 1.38 bits per heavy atom. The topological polar surface area (TPSA) is 66.6 Å². The molecule has 2 atom stereocenters. The molecule has 1 aromatic carbocycles. The van der Waals surface area contributed by atoms with E-state index in [1.807, 2.05) is 44.2 Å². The molecule has 0 saturated carbocycles. The highest BCUT2D eigenvalue weighted by atomic mass is 16.4. The molecule has 1 amide bonds. The molecule has 0 aliphatic carbocycles. The van der Waals surface area contributed by atoms with Crippen LogP contribution in [0, 0.1) is 0 Å². The normalized spacial score (nSPS) is 14.2. The average Bonchev–Trinajstić information content (AvgIpc) is 2.26. The molecule has 0 bridgehead atoms. The van der Waals surface area contributed by atoms with Gasteiger partial charge in [-0.2, -0.15) is 0 Å². The molecule has 0 saturated heterocycles. The molecule has 0 aromatic heterocycles. The zero-order valence-corrected chi connectivity index (χ0v) is 9.63. The molecule has 1 unspecified atom stereocenters. The van der Waals surface area contributed by atoms with Crippen LogP contribution in [-0.4, -0.2) is 28.2 Å². The third kappa shape index (κ3) is 3.24. The van der Waals surface area contributed by atoms with Crippen LogP contribution >= 0.6 is 0 Å². The van der Waals surface area contributed by atoms with Gasteiger partial charge in [0, 0.05) is 18.6 Å². The first-order valence-corrected chi connectivity index (χ1v) is 5.31. The van der Waals surface area contributed by atoms with Crippen molar-refractivity contribution in [2.75, 3.05) is 0 Å². The zero-order chi connectivity index (χ0) is 12.1. The molecule has 0 spiro atoms. The maximum Gasteiger partial charge on any atom is 0.407 e. The smallest absolute Gasteiger partial charge is 0.407 e. The van der Waals surface area contributed by atoms with Gasteiger partial charge in [0.25, 0.3) is 0 Å². The minimum absolute atomic E-state index is 0.181. The summed E-state index contributed by atoms with van der Waals surface area (Å²) in [5.41, 5.74) is 6.69. The number of hydrogen-bond acceptors (Lipinski definition) is 2. The summed E-state index contributed by atoms with van der Waals surface area (Å²) in [6.45, 7) is 4.01. The predicted molar refractivity (Wildman–Crippen MR) is 63.1 cm³/mol. The minimum Gasteiger partial charge on any atom is -0.465 e. The molecule has 0 radical (unpaired) electrons. The number of amides is 1. The SMILES string of the molecule is CC(N)[C@@H](C)N(Cc1ccccc1)C(=O)O. The van der Waals surface area contributed by atoms with E-state index < -0.39 is 6.09 Å². The lowest BCUT2D eigenvalue weighted by Gasteiger charge is -2.29. The number of carbonyl (C=O) groups is 1. The molecular weight excluding hydrogens is 204 g/mol. The van der Waals surface area contributed by atoms with Crippen LogP contribution in [0.3, 0.4) is 0 Å². The van der Waals surface area contributed by atoms with Crippen LogP contribution in [0.1, 0.15) is 19.4 Å². The maximum absolute atomic E-state index is 11.1. The number of benzene rings is 1. The molecule has 3 N–H and O–H groups in total. The van der Waals surface area contributed by atoms with Crippen LogP contribution in [0.5, 0.6) is 0 Å². The summed E-state index contributed by atoms with van der Waals surface area (Å²) in [5, 5.41) is 9.12. The van der Waals surface area contributed by atoms with Crippen molar-refractivity contribution in [2.24, 2.45) is 5.73 Å². The fraction of sp³-hybridized carbons (Fsp3) is 0.417. The van der Waals surface area contributed by atoms with Gasteiger partial charge in [-0.25, -0.2) is 4.79 Å². The van der Waals surface area contributed by atoms with Gasteiger partial charge in [-0.15, -0.1) is 0 Å². The number of nitrogens with two attached hydrogens (primary N) is 1. The van der Waals surface area contributed by atoms with Gasteiger partial charge in [-0.3, -0.25) is 4.90 Å². The van der Waals surface area contributed by atoms with Crippen LogP contribution in [0.2, 0.25) is 0 Å². The standard InChI is InChI=1S/C12H18N2O2/c1-9(13)10(2)14(12(15)16)8-11-6-4-3-5-7-11/h3-7,9-10H,8,13H2,1-2H3,(H,15,16)/t9?,10-/m1/s1.